The van der Waals surface area contributed by atoms with Gasteiger partial charge in [0, 0.05) is 23.6 Å². The van der Waals surface area contributed by atoms with Gasteiger partial charge in [-0.15, -0.1) is 0 Å². The number of nitrogens with zero attached hydrogens (tertiary/aromatic N) is 1. The molecule has 1 heterocycles. The van der Waals surface area contributed by atoms with E-state index in [0.717, 1.165) is 5.56 Å². The fraction of sp³-hybridized carbons (Fsp3) is 0.0476. The van der Waals surface area contributed by atoms with E-state index in [2.05, 4.69) is 0 Å². The first-order chi connectivity index (χ1) is 13.3. The number of phenols is 1. The Hall–Kier alpha value is -3.02. The first kappa shape index (κ1) is 19.7. The first-order valence-corrected chi connectivity index (χ1v) is 8.95. The molecule has 0 fully saturated rings. The van der Waals surface area contributed by atoms with Gasteiger partial charge in [-0.05, 0) is 54.5 Å². The van der Waals surface area contributed by atoms with Crippen LogP contribution in [0.2, 0.25) is 10.0 Å². The number of aromatic carboxylic acids is 1. The van der Waals surface area contributed by atoms with Gasteiger partial charge in [-0.25, -0.2) is 4.79 Å². The Morgan fingerprint density at radius 3 is 2.43 bits per heavy atom. The topological polar surface area (TPSA) is 79.5 Å². The molecule has 0 atom stereocenters. The molecule has 1 aromatic heterocycles. The highest BCUT2D eigenvalue weighted by Crippen LogP contribution is 2.25. The molecule has 0 amide bonds. The van der Waals surface area contributed by atoms with Gasteiger partial charge in [0.2, 0.25) is 0 Å². The Morgan fingerprint density at radius 2 is 1.79 bits per heavy atom. The van der Waals surface area contributed by atoms with Gasteiger partial charge >= 0.3 is 5.97 Å². The van der Waals surface area contributed by atoms with Crippen LogP contribution in [0.25, 0.3) is 17.8 Å². The fourth-order valence-electron chi connectivity index (χ4n) is 2.75. The lowest BCUT2D eigenvalue weighted by Gasteiger charge is -2.15. The second-order valence-corrected chi connectivity index (χ2v) is 6.94. The monoisotopic (exact) mass is 415 g/mol. The molecule has 5 nitrogen and oxygen atoms in total. The number of aromatic nitrogens is 1. The van der Waals surface area contributed by atoms with E-state index in [1.165, 1.54) is 18.3 Å². The quantitative estimate of drug-likeness (QED) is 0.626. The number of pyridine rings is 1. The number of rotatable bonds is 4. The second kappa shape index (κ2) is 7.92. The average molecular weight is 416 g/mol. The van der Waals surface area contributed by atoms with Gasteiger partial charge in [0.25, 0.3) is 0 Å². The molecule has 0 aliphatic heterocycles. The highest BCUT2D eigenvalue weighted by molar-refractivity contribution is 6.42. The van der Waals surface area contributed by atoms with Crippen molar-refractivity contribution in [2.75, 3.05) is 0 Å². The summed E-state index contributed by atoms with van der Waals surface area (Å²) in [5.74, 6) is -1.22. The molecule has 3 aromatic rings. The highest BCUT2D eigenvalue weighted by atomic mass is 35.5. The lowest BCUT2D eigenvalue weighted by atomic mass is 10.1. The van der Waals surface area contributed by atoms with Gasteiger partial charge in [-0.1, -0.05) is 35.3 Å². The predicted octanol–water partition coefficient (Wildman–Crippen LogP) is 5.03. The van der Waals surface area contributed by atoms with Crippen LogP contribution in [0.1, 0.15) is 27.2 Å². The molecule has 3 rings (SSSR count). The van der Waals surface area contributed by atoms with Crippen LogP contribution in [0.3, 0.4) is 0 Å². The number of phenolic OH excluding ortho intramolecular Hbond substituents is 1. The maximum absolute atomic E-state index is 12.2. The summed E-state index contributed by atoms with van der Waals surface area (Å²) in [6.45, 7) is 1.78. The molecule has 2 aromatic carbocycles. The van der Waals surface area contributed by atoms with Crippen molar-refractivity contribution in [3.05, 3.63) is 91.3 Å². The van der Waals surface area contributed by atoms with Gasteiger partial charge in [0.15, 0.2) is 5.43 Å². The van der Waals surface area contributed by atoms with Crippen LogP contribution in [0.4, 0.5) is 0 Å². The van der Waals surface area contributed by atoms with Gasteiger partial charge in [-0.2, -0.15) is 0 Å². The molecule has 0 unspecified atom stereocenters. The number of hydrogen-bond acceptors (Lipinski definition) is 3. The van der Waals surface area contributed by atoms with E-state index in [1.54, 1.807) is 54.0 Å². The Balaban J connectivity index is 2.17. The summed E-state index contributed by atoms with van der Waals surface area (Å²) in [5, 5.41) is 19.8. The van der Waals surface area contributed by atoms with Crippen LogP contribution in [0.15, 0.2) is 53.5 Å². The van der Waals surface area contributed by atoms with Crippen molar-refractivity contribution in [1.82, 2.24) is 4.57 Å². The van der Waals surface area contributed by atoms with Crippen molar-refractivity contribution in [3.8, 4) is 11.4 Å². The van der Waals surface area contributed by atoms with Crippen molar-refractivity contribution in [2.45, 2.75) is 6.92 Å². The molecule has 7 heteroatoms. The minimum absolute atomic E-state index is 0.0913. The Morgan fingerprint density at radius 1 is 1.04 bits per heavy atom. The molecular weight excluding hydrogens is 401 g/mol. The molecule has 0 radical (unpaired) electrons. The van der Waals surface area contributed by atoms with Crippen molar-refractivity contribution >= 4 is 41.3 Å². The summed E-state index contributed by atoms with van der Waals surface area (Å²) < 4.78 is 1.59. The van der Waals surface area contributed by atoms with Crippen LogP contribution in [-0.4, -0.2) is 20.7 Å². The van der Waals surface area contributed by atoms with Crippen LogP contribution < -0.4 is 5.43 Å². The third kappa shape index (κ3) is 4.11. The molecule has 0 spiro atoms. The molecule has 28 heavy (non-hydrogen) atoms. The largest absolute Gasteiger partial charge is 0.508 e. The van der Waals surface area contributed by atoms with Gasteiger partial charge in [0.05, 0.1) is 10.0 Å². The Bertz CT molecular complexity index is 1170. The van der Waals surface area contributed by atoms with Crippen LogP contribution in [-0.2, 0) is 0 Å². The summed E-state index contributed by atoms with van der Waals surface area (Å²) in [7, 11) is 0. The van der Waals surface area contributed by atoms with Crippen molar-refractivity contribution in [3.63, 3.8) is 0 Å². The number of carbonyl (C=O) groups is 1. The fourth-order valence-corrected chi connectivity index (χ4v) is 3.06. The first-order valence-electron chi connectivity index (χ1n) is 8.19. The minimum atomic E-state index is -1.31. The third-order valence-corrected chi connectivity index (χ3v) is 4.88. The maximum Gasteiger partial charge on any atom is 0.341 e. The second-order valence-electron chi connectivity index (χ2n) is 6.13. The zero-order valence-electron chi connectivity index (χ0n) is 14.7. The van der Waals surface area contributed by atoms with Crippen LogP contribution in [0.5, 0.6) is 5.75 Å². The van der Waals surface area contributed by atoms with E-state index in [-0.39, 0.29) is 11.3 Å². The van der Waals surface area contributed by atoms with E-state index in [4.69, 9.17) is 23.2 Å². The van der Waals surface area contributed by atoms with Crippen molar-refractivity contribution in [2.24, 2.45) is 0 Å². The highest BCUT2D eigenvalue weighted by Gasteiger charge is 2.14. The summed E-state index contributed by atoms with van der Waals surface area (Å²) in [6, 6.07) is 11.1. The van der Waals surface area contributed by atoms with Crippen LogP contribution >= 0.6 is 23.2 Å². The summed E-state index contributed by atoms with van der Waals surface area (Å²) >= 11 is 12.0. The summed E-state index contributed by atoms with van der Waals surface area (Å²) in [6.07, 6.45) is 4.70. The molecule has 142 valence electrons. The standard InChI is InChI=1S/C21H15Cl2NO4/c1-12-8-15(25)5-7-19(12)24-11-16(21(27)28)20(26)10-14(24)4-2-13-3-6-17(22)18(23)9-13/h2-11,25H,1H3,(H,27,28)/b4-2+. The number of carboxylic acid groups (broad SMARTS) is 1. The van der Waals surface area contributed by atoms with E-state index >= 15 is 0 Å². The number of halogens is 2. The molecule has 0 saturated heterocycles. The van der Waals surface area contributed by atoms with Gasteiger partial charge in [-0.3, -0.25) is 4.79 Å². The van der Waals surface area contributed by atoms with E-state index < -0.39 is 11.4 Å². The number of carboxylic acids is 1. The molecular formula is C21H15Cl2NO4. The zero-order valence-corrected chi connectivity index (χ0v) is 16.2. The summed E-state index contributed by atoms with van der Waals surface area (Å²) in [4.78, 5) is 23.6. The zero-order chi connectivity index (χ0) is 20.4. The Labute approximate surface area is 170 Å². The van der Waals surface area contributed by atoms with Crippen molar-refractivity contribution in [1.29, 1.82) is 0 Å². The van der Waals surface area contributed by atoms with Gasteiger partial charge < -0.3 is 14.8 Å². The number of aromatic hydroxyl groups is 1. The smallest absolute Gasteiger partial charge is 0.341 e. The molecule has 0 saturated carbocycles. The Kier molecular flexibility index (Phi) is 5.58. The number of benzene rings is 2. The maximum atomic E-state index is 12.2. The predicted molar refractivity (Wildman–Crippen MR) is 111 cm³/mol. The lowest BCUT2D eigenvalue weighted by Crippen LogP contribution is -2.18. The summed E-state index contributed by atoms with van der Waals surface area (Å²) in [5.41, 5.74) is 1.62. The average Bonchev–Trinajstić information content (AvgIpc) is 2.63. The van der Waals surface area contributed by atoms with E-state index in [9.17, 15) is 19.8 Å². The minimum Gasteiger partial charge on any atom is -0.508 e. The number of hydrogen-bond donors (Lipinski definition) is 2. The SMILES string of the molecule is Cc1cc(O)ccc1-n1cc(C(=O)O)c(=O)cc1/C=C/c1ccc(Cl)c(Cl)c1. The molecule has 0 aliphatic carbocycles. The molecule has 2 N–H and O–H groups in total. The van der Waals surface area contributed by atoms with Crippen molar-refractivity contribution < 1.29 is 15.0 Å². The third-order valence-electron chi connectivity index (χ3n) is 4.14. The van der Waals surface area contributed by atoms with Crippen LogP contribution in [0, 0.1) is 6.92 Å². The van der Waals surface area contributed by atoms with E-state index in [1.807, 2.05) is 0 Å². The van der Waals surface area contributed by atoms with E-state index in [0.29, 0.717) is 27.0 Å². The van der Waals surface area contributed by atoms with Gasteiger partial charge in [0.1, 0.15) is 11.3 Å². The number of aryl methyl sites for hydroxylation is 1. The lowest BCUT2D eigenvalue weighted by molar-refractivity contribution is 0.0694. The normalized spacial score (nSPS) is 11.1. The molecule has 0 bridgehead atoms. The molecule has 0 aliphatic rings.